The van der Waals surface area contributed by atoms with Crippen LogP contribution >= 0.6 is 11.3 Å². The Balaban J connectivity index is 1.46. The van der Waals surface area contributed by atoms with E-state index < -0.39 is 0 Å². The number of nitrogens with zero attached hydrogens (tertiary/aromatic N) is 4. The van der Waals surface area contributed by atoms with E-state index in [1.165, 1.54) is 12.4 Å². The van der Waals surface area contributed by atoms with Crippen LogP contribution in [0.15, 0.2) is 36.8 Å². The molecular formula is C19H21N5O2S. The molecule has 3 aromatic rings. The summed E-state index contributed by atoms with van der Waals surface area (Å²) in [6, 6.07) is 6.06. The minimum absolute atomic E-state index is 0.0688. The van der Waals surface area contributed by atoms with Crippen molar-refractivity contribution in [3.8, 4) is 5.75 Å². The van der Waals surface area contributed by atoms with Crippen LogP contribution in [-0.2, 0) is 0 Å². The summed E-state index contributed by atoms with van der Waals surface area (Å²) in [6.07, 6.45) is 6.52. The van der Waals surface area contributed by atoms with Crippen molar-refractivity contribution in [2.75, 3.05) is 24.6 Å². The van der Waals surface area contributed by atoms with Gasteiger partial charge in [0.05, 0.1) is 23.0 Å². The van der Waals surface area contributed by atoms with Crippen molar-refractivity contribution in [1.82, 2.24) is 20.3 Å². The predicted octanol–water partition coefficient (Wildman–Crippen LogP) is 2.88. The maximum atomic E-state index is 12.3. The first-order valence-electron chi connectivity index (χ1n) is 9.08. The zero-order valence-electron chi connectivity index (χ0n) is 15.1. The number of amides is 1. The number of benzene rings is 1. The minimum atomic E-state index is -0.180. The normalized spacial score (nSPS) is 17.1. The Morgan fingerprint density at radius 2 is 2.33 bits per heavy atom. The summed E-state index contributed by atoms with van der Waals surface area (Å²) in [6.45, 7) is 4.31. The lowest BCUT2D eigenvalue weighted by Crippen LogP contribution is -2.48. The van der Waals surface area contributed by atoms with Gasteiger partial charge >= 0.3 is 0 Å². The van der Waals surface area contributed by atoms with E-state index in [4.69, 9.17) is 9.72 Å². The molecule has 0 spiro atoms. The molecule has 1 fully saturated rings. The molecule has 8 heteroatoms. The van der Waals surface area contributed by atoms with Crippen LogP contribution in [0.25, 0.3) is 10.2 Å². The number of fused-ring (bicyclic) bond motifs is 1. The van der Waals surface area contributed by atoms with Gasteiger partial charge in [-0.1, -0.05) is 11.3 Å². The Morgan fingerprint density at radius 1 is 1.41 bits per heavy atom. The van der Waals surface area contributed by atoms with E-state index in [9.17, 15) is 4.79 Å². The summed E-state index contributed by atoms with van der Waals surface area (Å²) in [5.41, 5.74) is 1.32. The van der Waals surface area contributed by atoms with Gasteiger partial charge in [0.1, 0.15) is 11.4 Å². The van der Waals surface area contributed by atoms with Crippen LogP contribution < -0.4 is 15.0 Å². The second-order valence-corrected chi connectivity index (χ2v) is 7.42. The average molecular weight is 383 g/mol. The molecule has 0 aliphatic carbocycles. The van der Waals surface area contributed by atoms with Gasteiger partial charge in [-0.05, 0) is 38.0 Å². The number of hydrogen-bond donors (Lipinski definition) is 1. The van der Waals surface area contributed by atoms with E-state index >= 15 is 0 Å². The smallest absolute Gasteiger partial charge is 0.271 e. The number of hydrogen-bond acceptors (Lipinski definition) is 7. The molecule has 1 N–H and O–H groups in total. The molecule has 4 rings (SSSR count). The maximum Gasteiger partial charge on any atom is 0.271 e. The van der Waals surface area contributed by atoms with E-state index in [-0.39, 0.29) is 11.9 Å². The van der Waals surface area contributed by atoms with Crippen LogP contribution in [0.3, 0.4) is 0 Å². The summed E-state index contributed by atoms with van der Waals surface area (Å²) in [4.78, 5) is 27.4. The zero-order valence-corrected chi connectivity index (χ0v) is 15.9. The number of piperidine rings is 1. The number of aromatic nitrogens is 3. The minimum Gasteiger partial charge on any atom is -0.494 e. The van der Waals surface area contributed by atoms with Crippen LogP contribution in [-0.4, -0.2) is 46.6 Å². The Morgan fingerprint density at radius 3 is 3.15 bits per heavy atom. The van der Waals surface area contributed by atoms with Crippen molar-refractivity contribution in [3.05, 3.63) is 42.5 Å². The van der Waals surface area contributed by atoms with E-state index in [0.29, 0.717) is 12.3 Å². The van der Waals surface area contributed by atoms with Crippen molar-refractivity contribution in [2.24, 2.45) is 0 Å². The number of nitrogens with one attached hydrogen (secondary N) is 1. The van der Waals surface area contributed by atoms with Gasteiger partial charge in [0, 0.05) is 31.5 Å². The number of thiazole rings is 1. The molecule has 140 valence electrons. The first kappa shape index (κ1) is 17.7. The van der Waals surface area contributed by atoms with Crippen molar-refractivity contribution >= 4 is 32.6 Å². The quantitative estimate of drug-likeness (QED) is 0.730. The molecule has 2 aromatic heterocycles. The van der Waals surface area contributed by atoms with Crippen LogP contribution in [0, 0.1) is 0 Å². The van der Waals surface area contributed by atoms with Crippen LogP contribution in [0.5, 0.6) is 5.75 Å². The monoisotopic (exact) mass is 383 g/mol. The highest BCUT2D eigenvalue weighted by Gasteiger charge is 2.24. The van der Waals surface area contributed by atoms with E-state index in [2.05, 4.69) is 20.2 Å². The highest BCUT2D eigenvalue weighted by atomic mass is 32.1. The van der Waals surface area contributed by atoms with E-state index in [1.807, 2.05) is 25.1 Å². The summed E-state index contributed by atoms with van der Waals surface area (Å²) >= 11 is 1.66. The number of carbonyl (C=O) groups is 1. The Hall–Kier alpha value is -2.74. The fourth-order valence-corrected chi connectivity index (χ4v) is 4.26. The second kappa shape index (κ2) is 7.87. The molecule has 0 radical (unpaired) electrons. The molecule has 1 amide bonds. The summed E-state index contributed by atoms with van der Waals surface area (Å²) in [7, 11) is 0. The lowest BCUT2D eigenvalue weighted by atomic mass is 10.1. The highest BCUT2D eigenvalue weighted by Crippen LogP contribution is 2.32. The van der Waals surface area contributed by atoms with Gasteiger partial charge in [-0.15, -0.1) is 0 Å². The van der Waals surface area contributed by atoms with E-state index in [0.717, 1.165) is 47.0 Å². The van der Waals surface area contributed by atoms with E-state index in [1.54, 1.807) is 17.5 Å². The molecule has 1 saturated heterocycles. The van der Waals surface area contributed by atoms with Crippen molar-refractivity contribution in [1.29, 1.82) is 0 Å². The maximum absolute atomic E-state index is 12.3. The first-order valence-corrected chi connectivity index (χ1v) is 9.90. The van der Waals surface area contributed by atoms with Crippen LogP contribution in [0.1, 0.15) is 30.3 Å². The van der Waals surface area contributed by atoms with Gasteiger partial charge in [-0.25, -0.2) is 9.97 Å². The Labute approximate surface area is 161 Å². The second-order valence-electron chi connectivity index (χ2n) is 6.41. The fourth-order valence-electron chi connectivity index (χ4n) is 3.23. The van der Waals surface area contributed by atoms with Crippen molar-refractivity contribution < 1.29 is 9.53 Å². The summed E-state index contributed by atoms with van der Waals surface area (Å²) in [5.74, 6) is 0.688. The van der Waals surface area contributed by atoms with Gasteiger partial charge in [0.25, 0.3) is 5.91 Å². The number of rotatable bonds is 5. The highest BCUT2D eigenvalue weighted by molar-refractivity contribution is 7.22. The first-order chi connectivity index (χ1) is 13.2. The largest absolute Gasteiger partial charge is 0.494 e. The third-order valence-electron chi connectivity index (χ3n) is 4.48. The lowest BCUT2D eigenvalue weighted by molar-refractivity contribution is 0.0927. The molecular weight excluding hydrogens is 362 g/mol. The molecule has 1 aromatic carbocycles. The number of carbonyl (C=O) groups excluding carboxylic acids is 1. The third kappa shape index (κ3) is 4.00. The predicted molar refractivity (Wildman–Crippen MR) is 106 cm³/mol. The van der Waals surface area contributed by atoms with Gasteiger partial charge in [-0.3, -0.25) is 9.78 Å². The van der Waals surface area contributed by atoms with Crippen LogP contribution in [0.2, 0.25) is 0 Å². The molecule has 7 nitrogen and oxygen atoms in total. The molecule has 1 unspecified atom stereocenters. The Bertz CT molecular complexity index is 930. The van der Waals surface area contributed by atoms with Crippen molar-refractivity contribution in [2.45, 2.75) is 25.8 Å². The topological polar surface area (TPSA) is 80.2 Å². The number of ether oxygens (including phenoxy) is 1. The number of anilines is 1. The van der Waals surface area contributed by atoms with Gasteiger partial charge in [-0.2, -0.15) is 0 Å². The fraction of sp³-hybridized carbons (Fsp3) is 0.368. The molecule has 1 atom stereocenters. The molecule has 3 heterocycles. The molecule has 0 bridgehead atoms. The SMILES string of the molecule is CCOc1ccc2nc(N3CCCC(NC(=O)c4cnccn4)C3)sc2c1. The standard InChI is InChI=1S/C19H21N5O2S/c1-2-26-14-5-6-15-17(10-14)27-19(23-15)24-9-3-4-13(12-24)22-18(25)16-11-20-7-8-21-16/h5-8,10-11,13H,2-4,9,12H2,1H3,(H,22,25). The van der Waals surface area contributed by atoms with Crippen LogP contribution in [0.4, 0.5) is 5.13 Å². The summed E-state index contributed by atoms with van der Waals surface area (Å²) < 4.78 is 6.69. The molecule has 1 aliphatic heterocycles. The molecule has 1 aliphatic rings. The average Bonchev–Trinajstić information content (AvgIpc) is 3.13. The zero-order chi connectivity index (χ0) is 18.6. The molecule has 0 saturated carbocycles. The van der Waals surface area contributed by atoms with Gasteiger partial charge in [0.15, 0.2) is 5.13 Å². The third-order valence-corrected chi connectivity index (χ3v) is 5.56. The van der Waals surface area contributed by atoms with Gasteiger partial charge < -0.3 is 15.0 Å². The molecule has 27 heavy (non-hydrogen) atoms. The Kier molecular flexibility index (Phi) is 5.15. The van der Waals surface area contributed by atoms with Gasteiger partial charge in [0.2, 0.25) is 0 Å². The van der Waals surface area contributed by atoms with Crippen molar-refractivity contribution in [3.63, 3.8) is 0 Å². The summed E-state index contributed by atoms with van der Waals surface area (Å²) in [5, 5.41) is 4.05. The lowest BCUT2D eigenvalue weighted by Gasteiger charge is -2.32.